The van der Waals surface area contributed by atoms with Crippen LogP contribution < -0.4 is 5.32 Å². The van der Waals surface area contributed by atoms with Crippen molar-refractivity contribution in [3.63, 3.8) is 0 Å². The van der Waals surface area contributed by atoms with E-state index in [0.29, 0.717) is 12.0 Å². The SMILES string of the molecule is COCC(NCc1nnc(C)s1)C(C)C. The van der Waals surface area contributed by atoms with Crippen LogP contribution in [0.3, 0.4) is 0 Å². The standard InChI is InChI=1S/C10H19N3OS/c1-7(2)9(6-14-4)11-5-10-13-12-8(3)15-10/h7,9,11H,5-6H2,1-4H3. The molecule has 1 N–H and O–H groups in total. The minimum atomic E-state index is 0.374. The van der Waals surface area contributed by atoms with E-state index in [-0.39, 0.29) is 0 Å². The molecule has 86 valence electrons. The van der Waals surface area contributed by atoms with Gasteiger partial charge in [0.1, 0.15) is 10.0 Å². The van der Waals surface area contributed by atoms with Gasteiger partial charge < -0.3 is 10.1 Å². The van der Waals surface area contributed by atoms with Crippen LogP contribution in [0.2, 0.25) is 0 Å². The van der Waals surface area contributed by atoms with E-state index in [4.69, 9.17) is 4.74 Å². The van der Waals surface area contributed by atoms with Crippen molar-refractivity contribution < 1.29 is 4.74 Å². The van der Waals surface area contributed by atoms with Crippen molar-refractivity contribution in [2.75, 3.05) is 13.7 Å². The summed E-state index contributed by atoms with van der Waals surface area (Å²) in [6.45, 7) is 7.84. The number of aryl methyl sites for hydroxylation is 1. The van der Waals surface area contributed by atoms with Crippen molar-refractivity contribution >= 4 is 11.3 Å². The Morgan fingerprint density at radius 1 is 1.40 bits per heavy atom. The number of hydrogen-bond donors (Lipinski definition) is 1. The molecule has 1 aromatic rings. The summed E-state index contributed by atoms with van der Waals surface area (Å²) in [5.41, 5.74) is 0. The van der Waals surface area contributed by atoms with Crippen molar-refractivity contribution in [2.45, 2.75) is 33.4 Å². The highest BCUT2D eigenvalue weighted by Crippen LogP contribution is 2.09. The van der Waals surface area contributed by atoms with Crippen LogP contribution in [-0.4, -0.2) is 30.0 Å². The molecule has 0 fully saturated rings. The first-order chi connectivity index (χ1) is 7.13. The molecule has 1 aromatic heterocycles. The zero-order chi connectivity index (χ0) is 11.3. The minimum Gasteiger partial charge on any atom is -0.383 e. The largest absolute Gasteiger partial charge is 0.383 e. The van der Waals surface area contributed by atoms with Crippen molar-refractivity contribution in [3.8, 4) is 0 Å². The molecule has 4 nitrogen and oxygen atoms in total. The number of rotatable bonds is 6. The Morgan fingerprint density at radius 2 is 2.13 bits per heavy atom. The van der Waals surface area contributed by atoms with Crippen LogP contribution in [0.4, 0.5) is 0 Å². The van der Waals surface area contributed by atoms with Gasteiger partial charge in [0.05, 0.1) is 13.2 Å². The number of ether oxygens (including phenoxy) is 1. The summed E-state index contributed by atoms with van der Waals surface area (Å²) in [7, 11) is 1.73. The molecule has 1 heterocycles. The molecule has 1 rings (SSSR count). The smallest absolute Gasteiger partial charge is 0.131 e. The van der Waals surface area contributed by atoms with Gasteiger partial charge >= 0.3 is 0 Å². The Bertz CT molecular complexity index is 288. The summed E-state index contributed by atoms with van der Waals surface area (Å²) in [6.07, 6.45) is 0. The Morgan fingerprint density at radius 3 is 2.60 bits per heavy atom. The molecule has 0 spiro atoms. The van der Waals surface area contributed by atoms with E-state index in [0.717, 1.165) is 23.2 Å². The van der Waals surface area contributed by atoms with Gasteiger partial charge in [0, 0.05) is 13.2 Å². The average molecular weight is 229 g/mol. The van der Waals surface area contributed by atoms with Gasteiger partial charge in [-0.25, -0.2) is 0 Å². The summed E-state index contributed by atoms with van der Waals surface area (Å²) >= 11 is 1.63. The molecule has 0 bridgehead atoms. The fourth-order valence-corrected chi connectivity index (χ4v) is 1.95. The topological polar surface area (TPSA) is 47.0 Å². The van der Waals surface area contributed by atoms with E-state index < -0.39 is 0 Å². The molecule has 0 radical (unpaired) electrons. The van der Waals surface area contributed by atoms with E-state index in [9.17, 15) is 0 Å². The molecule has 0 aliphatic rings. The van der Waals surface area contributed by atoms with Crippen LogP contribution in [-0.2, 0) is 11.3 Å². The van der Waals surface area contributed by atoms with Gasteiger partial charge in [-0.15, -0.1) is 21.5 Å². The van der Waals surface area contributed by atoms with Gasteiger partial charge in [-0.3, -0.25) is 0 Å². The molecule has 0 aliphatic carbocycles. The molecule has 0 saturated heterocycles. The first-order valence-corrected chi connectivity index (χ1v) is 5.96. The number of nitrogens with zero attached hydrogens (tertiary/aromatic N) is 2. The molecule has 0 saturated carbocycles. The monoisotopic (exact) mass is 229 g/mol. The van der Waals surface area contributed by atoms with Crippen molar-refractivity contribution in [3.05, 3.63) is 10.0 Å². The van der Waals surface area contributed by atoms with Crippen LogP contribution in [0.1, 0.15) is 23.9 Å². The first kappa shape index (κ1) is 12.5. The quantitative estimate of drug-likeness (QED) is 0.805. The predicted molar refractivity (Wildman–Crippen MR) is 62.0 cm³/mol. The van der Waals surface area contributed by atoms with Crippen molar-refractivity contribution in [1.29, 1.82) is 0 Å². The second-order valence-electron chi connectivity index (χ2n) is 3.90. The van der Waals surface area contributed by atoms with Gasteiger partial charge in [0.2, 0.25) is 0 Å². The Balaban J connectivity index is 2.39. The molecule has 5 heteroatoms. The van der Waals surface area contributed by atoms with E-state index >= 15 is 0 Å². The van der Waals surface area contributed by atoms with Crippen LogP contribution >= 0.6 is 11.3 Å². The van der Waals surface area contributed by atoms with Crippen LogP contribution in [0.15, 0.2) is 0 Å². The maximum absolute atomic E-state index is 5.16. The van der Waals surface area contributed by atoms with Gasteiger partial charge in [0.15, 0.2) is 0 Å². The second-order valence-corrected chi connectivity index (χ2v) is 5.17. The molecule has 0 aromatic carbocycles. The van der Waals surface area contributed by atoms with E-state index in [2.05, 4.69) is 29.4 Å². The predicted octanol–water partition coefficient (Wildman–Crippen LogP) is 1.61. The highest BCUT2D eigenvalue weighted by molar-refractivity contribution is 7.11. The molecular formula is C10H19N3OS. The third-order valence-electron chi connectivity index (χ3n) is 2.23. The Hall–Kier alpha value is -0.520. The van der Waals surface area contributed by atoms with Crippen LogP contribution in [0.5, 0.6) is 0 Å². The summed E-state index contributed by atoms with van der Waals surface area (Å²) in [6, 6.07) is 0.374. The zero-order valence-electron chi connectivity index (χ0n) is 9.78. The molecular weight excluding hydrogens is 210 g/mol. The lowest BCUT2D eigenvalue weighted by molar-refractivity contribution is 0.146. The number of methoxy groups -OCH3 is 1. The summed E-state index contributed by atoms with van der Waals surface area (Å²) < 4.78 is 5.16. The van der Waals surface area contributed by atoms with Gasteiger partial charge in [-0.1, -0.05) is 13.8 Å². The molecule has 1 atom stereocenters. The fraction of sp³-hybridized carbons (Fsp3) is 0.800. The first-order valence-electron chi connectivity index (χ1n) is 5.14. The fourth-order valence-electron chi connectivity index (χ4n) is 1.29. The summed E-state index contributed by atoms with van der Waals surface area (Å²) in [5.74, 6) is 0.555. The number of aromatic nitrogens is 2. The second kappa shape index (κ2) is 6.15. The van der Waals surface area contributed by atoms with Crippen molar-refractivity contribution in [2.24, 2.45) is 5.92 Å². The Kier molecular flexibility index (Phi) is 5.14. The maximum Gasteiger partial charge on any atom is 0.131 e. The highest BCUT2D eigenvalue weighted by Gasteiger charge is 2.13. The summed E-state index contributed by atoms with van der Waals surface area (Å²) in [5, 5.41) is 13.5. The molecule has 1 unspecified atom stereocenters. The lowest BCUT2D eigenvalue weighted by Crippen LogP contribution is -2.37. The lowest BCUT2D eigenvalue weighted by Gasteiger charge is -2.20. The number of nitrogens with one attached hydrogen (secondary N) is 1. The molecule has 15 heavy (non-hydrogen) atoms. The maximum atomic E-state index is 5.16. The molecule has 0 aliphatic heterocycles. The normalized spacial score (nSPS) is 13.4. The Labute approximate surface area is 95.1 Å². The summed E-state index contributed by atoms with van der Waals surface area (Å²) in [4.78, 5) is 0. The van der Waals surface area contributed by atoms with E-state index in [1.807, 2.05) is 6.92 Å². The third kappa shape index (κ3) is 4.24. The van der Waals surface area contributed by atoms with Crippen molar-refractivity contribution in [1.82, 2.24) is 15.5 Å². The average Bonchev–Trinajstić information content (AvgIpc) is 2.58. The molecule has 0 amide bonds. The van der Waals surface area contributed by atoms with Gasteiger partial charge in [-0.05, 0) is 12.8 Å². The number of hydrogen-bond acceptors (Lipinski definition) is 5. The van der Waals surface area contributed by atoms with E-state index in [1.54, 1.807) is 18.4 Å². The highest BCUT2D eigenvalue weighted by atomic mass is 32.1. The third-order valence-corrected chi connectivity index (χ3v) is 3.07. The van der Waals surface area contributed by atoms with Crippen LogP contribution in [0.25, 0.3) is 0 Å². The van der Waals surface area contributed by atoms with E-state index in [1.165, 1.54) is 0 Å². The van der Waals surface area contributed by atoms with Gasteiger partial charge in [-0.2, -0.15) is 0 Å². The lowest BCUT2D eigenvalue weighted by atomic mass is 10.1. The van der Waals surface area contributed by atoms with Crippen LogP contribution in [0, 0.1) is 12.8 Å². The van der Waals surface area contributed by atoms with Gasteiger partial charge in [0.25, 0.3) is 0 Å². The minimum absolute atomic E-state index is 0.374. The zero-order valence-corrected chi connectivity index (χ0v) is 10.6.